The molecule has 0 spiro atoms. The minimum atomic E-state index is 0.670. The summed E-state index contributed by atoms with van der Waals surface area (Å²) in [5, 5.41) is 0. The van der Waals surface area contributed by atoms with Crippen molar-refractivity contribution in [3.8, 4) is 0 Å². The van der Waals surface area contributed by atoms with Crippen LogP contribution in [0.4, 0.5) is 0 Å². The maximum absolute atomic E-state index is 9.99. The van der Waals surface area contributed by atoms with Gasteiger partial charge < -0.3 is 0 Å². The Kier molecular flexibility index (Phi) is 36.8. The fourth-order valence-electron chi connectivity index (χ4n) is 5.97. The van der Waals surface area contributed by atoms with Crippen LogP contribution in [0, 0.1) is 0 Å². The Morgan fingerprint density at radius 1 is 0.308 bits per heavy atom. The zero-order chi connectivity index (χ0) is 28.2. The summed E-state index contributed by atoms with van der Waals surface area (Å²) in [6.45, 7) is 2.97. The monoisotopic (exact) mass is 548 g/mol. The van der Waals surface area contributed by atoms with E-state index in [0.29, 0.717) is 6.54 Å². The van der Waals surface area contributed by atoms with Crippen LogP contribution < -0.4 is 0 Å². The first-order valence-corrected chi connectivity index (χ1v) is 18.5. The molecule has 0 rings (SSSR count). The van der Waals surface area contributed by atoms with E-state index in [9.17, 15) is 4.79 Å². The highest BCUT2D eigenvalue weighted by atomic mass is 16.1. The van der Waals surface area contributed by atoms with Crippen LogP contribution in [-0.2, 0) is 4.79 Å². The van der Waals surface area contributed by atoms with E-state index in [1.54, 1.807) is 6.08 Å². The first kappa shape index (κ1) is 38.4. The summed E-state index contributed by atoms with van der Waals surface area (Å²) in [5.41, 5.74) is 0. The molecule has 0 aliphatic heterocycles. The van der Waals surface area contributed by atoms with Gasteiger partial charge >= 0.3 is 0 Å². The summed E-state index contributed by atoms with van der Waals surface area (Å²) in [6.07, 6.45) is 50.4. The second-order valence-corrected chi connectivity index (χ2v) is 12.6. The lowest BCUT2D eigenvalue weighted by atomic mass is 10.0. The van der Waals surface area contributed by atoms with Crippen molar-refractivity contribution in [2.75, 3.05) is 6.54 Å². The summed E-state index contributed by atoms with van der Waals surface area (Å²) in [6, 6.07) is 0. The van der Waals surface area contributed by atoms with Crippen molar-refractivity contribution in [2.45, 2.75) is 225 Å². The van der Waals surface area contributed by atoms with Crippen LogP contribution in [0.2, 0.25) is 0 Å². The van der Waals surface area contributed by atoms with Gasteiger partial charge in [-0.3, -0.25) is 0 Å². The second kappa shape index (κ2) is 37.4. The number of nitrogens with zero attached hydrogens (tertiary/aromatic N) is 1. The van der Waals surface area contributed by atoms with E-state index in [4.69, 9.17) is 0 Å². The molecule has 0 bridgehead atoms. The van der Waals surface area contributed by atoms with Crippen LogP contribution in [0.3, 0.4) is 0 Å². The SMILES string of the molecule is CCCCCCCCCCCCCCCCCCCCCCCCCCCCCCCCCCCCN=C=O. The van der Waals surface area contributed by atoms with E-state index in [-0.39, 0.29) is 0 Å². The molecular weight excluding hydrogens is 474 g/mol. The molecule has 0 atom stereocenters. The molecule has 39 heavy (non-hydrogen) atoms. The Labute approximate surface area is 247 Å². The Hall–Kier alpha value is -0.620. The first-order chi connectivity index (χ1) is 19.4. The lowest BCUT2D eigenvalue weighted by molar-refractivity contribution is 0.511. The van der Waals surface area contributed by atoms with Crippen LogP contribution in [0.1, 0.15) is 225 Å². The first-order valence-electron chi connectivity index (χ1n) is 18.5. The molecule has 0 fully saturated rings. The summed E-state index contributed by atoms with van der Waals surface area (Å²) < 4.78 is 0. The van der Waals surface area contributed by atoms with Crippen molar-refractivity contribution < 1.29 is 4.79 Å². The van der Waals surface area contributed by atoms with Crippen LogP contribution >= 0.6 is 0 Å². The predicted molar refractivity (Wildman–Crippen MR) is 176 cm³/mol. The van der Waals surface area contributed by atoms with E-state index >= 15 is 0 Å². The highest BCUT2D eigenvalue weighted by Gasteiger charge is 1.97. The van der Waals surface area contributed by atoms with Crippen LogP contribution in [0.25, 0.3) is 0 Å². The van der Waals surface area contributed by atoms with Crippen LogP contribution in [0.5, 0.6) is 0 Å². The van der Waals surface area contributed by atoms with Crippen molar-refractivity contribution in [3.05, 3.63) is 0 Å². The Balaban J connectivity index is 3.02. The molecule has 0 unspecified atom stereocenters. The van der Waals surface area contributed by atoms with Gasteiger partial charge in [-0.05, 0) is 6.42 Å². The van der Waals surface area contributed by atoms with Crippen molar-refractivity contribution in [1.82, 2.24) is 0 Å². The summed E-state index contributed by atoms with van der Waals surface area (Å²) in [4.78, 5) is 13.6. The highest BCUT2D eigenvalue weighted by Crippen LogP contribution is 2.17. The van der Waals surface area contributed by atoms with Crippen molar-refractivity contribution in [2.24, 2.45) is 4.99 Å². The van der Waals surface area contributed by atoms with Crippen LogP contribution in [-0.4, -0.2) is 12.6 Å². The topological polar surface area (TPSA) is 29.4 Å². The molecule has 0 amide bonds. The fraction of sp³-hybridized carbons (Fsp3) is 0.973. The zero-order valence-electron chi connectivity index (χ0n) is 27.1. The van der Waals surface area contributed by atoms with Gasteiger partial charge in [0.25, 0.3) is 0 Å². The minimum absolute atomic E-state index is 0.670. The van der Waals surface area contributed by atoms with E-state index in [1.165, 1.54) is 212 Å². The number of rotatable bonds is 35. The van der Waals surface area contributed by atoms with E-state index < -0.39 is 0 Å². The third-order valence-electron chi connectivity index (χ3n) is 8.69. The lowest BCUT2D eigenvalue weighted by Crippen LogP contribution is -1.85. The molecule has 0 saturated carbocycles. The number of hydrogen-bond acceptors (Lipinski definition) is 2. The maximum Gasteiger partial charge on any atom is 0.234 e. The molecule has 0 heterocycles. The second-order valence-electron chi connectivity index (χ2n) is 12.6. The normalized spacial score (nSPS) is 11.2. The third-order valence-corrected chi connectivity index (χ3v) is 8.69. The van der Waals surface area contributed by atoms with Gasteiger partial charge in [-0.1, -0.05) is 219 Å². The molecule has 0 N–H and O–H groups in total. The Bertz CT molecular complexity index is 470. The number of hydrogen-bond donors (Lipinski definition) is 0. The Morgan fingerprint density at radius 2 is 0.487 bits per heavy atom. The summed E-state index contributed by atoms with van der Waals surface area (Å²) in [7, 11) is 0. The molecule has 2 nitrogen and oxygen atoms in total. The maximum atomic E-state index is 9.99. The molecule has 0 aromatic carbocycles. The molecule has 0 aliphatic carbocycles. The van der Waals surface area contributed by atoms with Gasteiger partial charge in [-0.15, -0.1) is 0 Å². The van der Waals surface area contributed by atoms with E-state index in [1.807, 2.05) is 0 Å². The van der Waals surface area contributed by atoms with Gasteiger partial charge in [-0.25, -0.2) is 9.79 Å². The number of unbranched alkanes of at least 4 members (excludes halogenated alkanes) is 33. The Morgan fingerprint density at radius 3 is 0.667 bits per heavy atom. The molecule has 0 aliphatic rings. The van der Waals surface area contributed by atoms with Gasteiger partial charge in [0.1, 0.15) is 0 Å². The van der Waals surface area contributed by atoms with Crippen molar-refractivity contribution in [1.29, 1.82) is 0 Å². The smallest absolute Gasteiger partial charge is 0.211 e. The van der Waals surface area contributed by atoms with Gasteiger partial charge in [0.15, 0.2) is 0 Å². The van der Waals surface area contributed by atoms with Crippen molar-refractivity contribution >= 4 is 6.08 Å². The van der Waals surface area contributed by atoms with E-state index in [0.717, 1.165) is 6.42 Å². The van der Waals surface area contributed by atoms with Gasteiger partial charge in [0.2, 0.25) is 6.08 Å². The largest absolute Gasteiger partial charge is 0.234 e. The number of isocyanates is 1. The zero-order valence-corrected chi connectivity index (χ0v) is 27.1. The minimum Gasteiger partial charge on any atom is -0.211 e. The molecule has 0 aromatic heterocycles. The highest BCUT2D eigenvalue weighted by molar-refractivity contribution is 5.32. The molecule has 0 saturated heterocycles. The third kappa shape index (κ3) is 37.4. The molecule has 0 aromatic rings. The van der Waals surface area contributed by atoms with Gasteiger partial charge in [0.05, 0.1) is 6.54 Å². The summed E-state index contributed by atoms with van der Waals surface area (Å²) >= 11 is 0. The number of aliphatic imine (C=N–C) groups is 1. The molecule has 0 radical (unpaired) electrons. The standard InChI is InChI=1S/C37H73NO/c1-2-3-4-5-6-7-8-9-10-11-12-13-14-15-16-17-18-19-20-21-22-23-24-25-26-27-28-29-30-31-32-33-34-35-36-38-37-39/h2-36H2,1H3. The average molecular weight is 548 g/mol. The molecular formula is C37H73NO. The van der Waals surface area contributed by atoms with Crippen LogP contribution in [0.15, 0.2) is 4.99 Å². The van der Waals surface area contributed by atoms with Crippen molar-refractivity contribution in [3.63, 3.8) is 0 Å². The van der Waals surface area contributed by atoms with E-state index in [2.05, 4.69) is 11.9 Å². The predicted octanol–water partition coefficient (Wildman–Crippen LogP) is 13.6. The van der Waals surface area contributed by atoms with Gasteiger partial charge in [0, 0.05) is 0 Å². The number of carbonyl (C=O) groups excluding carboxylic acids is 1. The molecule has 2 heteroatoms. The lowest BCUT2D eigenvalue weighted by Gasteiger charge is -2.05. The average Bonchev–Trinajstić information content (AvgIpc) is 2.95. The fourth-order valence-corrected chi connectivity index (χ4v) is 5.97. The quantitative estimate of drug-likeness (QED) is 0.0440. The van der Waals surface area contributed by atoms with Gasteiger partial charge in [-0.2, -0.15) is 0 Å². The summed E-state index contributed by atoms with van der Waals surface area (Å²) in [5.74, 6) is 0. The molecule has 232 valence electrons.